The number of imide groups is 1. The highest BCUT2D eigenvalue weighted by molar-refractivity contribution is 6.05. The molecule has 3 aromatic heterocycles. The first-order chi connectivity index (χ1) is 32.5. The summed E-state index contributed by atoms with van der Waals surface area (Å²) in [6.45, 7) is 12.4. The Labute approximate surface area is 387 Å². The van der Waals surface area contributed by atoms with Crippen LogP contribution in [0.25, 0.3) is 16.9 Å². The predicted octanol–water partition coefficient (Wildman–Crippen LogP) is 4.34. The second-order valence-corrected chi connectivity index (χ2v) is 18.5. The number of anilines is 4. The third-order valence-electron chi connectivity index (χ3n) is 14.5. The first-order valence-corrected chi connectivity index (χ1v) is 23.6. The largest absolute Gasteiger partial charge is 0.384 e. The minimum Gasteiger partial charge on any atom is -0.384 e. The number of carbonyl (C=O) groups is 3. The predicted molar refractivity (Wildman–Crippen MR) is 252 cm³/mol. The standard InChI is InChI=1S/C49H57FN12O5/c1-3-21-61-47(66)37-26-53-48(57-44(37)62(61)41-11-5-31-13-17-49(67,4-2)43(31)55-41)54-34-8-6-33(7-9-34)52-20-19-51-18-14-30-15-22-58(23-16-30)35-28-59(29-35)40-24-32-27-60(46(65)36(32)25-38(40)50)39-10-12-42(63)56-45(39)64/h3,5-9,11,24-26,30,35,39,51-52,67H,1,4,10,12-23,27-29H2,2H3,(H,53,54,57)(H,56,63,64)/t39?,49-/m1/s1. The smallest absolute Gasteiger partial charge is 0.278 e. The Morgan fingerprint density at radius 3 is 2.51 bits per heavy atom. The van der Waals surface area contributed by atoms with Crippen LogP contribution in [-0.4, -0.2) is 115 Å². The van der Waals surface area contributed by atoms with Gasteiger partial charge in [-0.2, -0.15) is 4.98 Å². The summed E-state index contributed by atoms with van der Waals surface area (Å²) in [5.41, 5.74) is 4.11. The molecule has 3 fully saturated rings. The van der Waals surface area contributed by atoms with Crippen LogP contribution in [0.2, 0.25) is 0 Å². The quantitative estimate of drug-likeness (QED) is 0.0534. The number of allylic oxidation sites excluding steroid dienone is 1. The lowest BCUT2D eigenvalue weighted by atomic mass is 9.91. The summed E-state index contributed by atoms with van der Waals surface area (Å²) in [6.07, 6.45) is 8.95. The molecule has 3 amide bonds. The maximum absolute atomic E-state index is 15.3. The number of aromatic nitrogens is 5. The van der Waals surface area contributed by atoms with Gasteiger partial charge in [-0.3, -0.25) is 29.4 Å². The molecule has 10 rings (SSSR count). The molecule has 350 valence electrons. The van der Waals surface area contributed by atoms with Crippen LogP contribution in [0.1, 0.15) is 79.0 Å². The zero-order chi connectivity index (χ0) is 46.4. The zero-order valence-corrected chi connectivity index (χ0v) is 37.8. The van der Waals surface area contributed by atoms with E-state index in [1.54, 1.807) is 16.8 Å². The average molecular weight is 913 g/mol. The Hall–Kier alpha value is -6.50. The molecule has 0 spiro atoms. The lowest BCUT2D eigenvalue weighted by Crippen LogP contribution is -2.61. The van der Waals surface area contributed by atoms with Crippen molar-refractivity contribution < 1.29 is 23.9 Å². The van der Waals surface area contributed by atoms with Crippen molar-refractivity contribution in [3.8, 4) is 5.82 Å². The Bertz CT molecular complexity index is 2800. The number of nitrogens with zero attached hydrogens (tertiary/aromatic N) is 8. The number of hydrogen-bond acceptors (Lipinski definition) is 13. The number of halogens is 1. The van der Waals surface area contributed by atoms with Crippen LogP contribution in [0, 0.1) is 11.7 Å². The highest BCUT2D eigenvalue weighted by atomic mass is 19.1. The van der Waals surface area contributed by atoms with Gasteiger partial charge >= 0.3 is 0 Å². The molecule has 5 aromatic rings. The molecule has 4 aliphatic heterocycles. The lowest BCUT2D eigenvalue weighted by molar-refractivity contribution is -0.136. The van der Waals surface area contributed by atoms with Gasteiger partial charge < -0.3 is 30.9 Å². The Kier molecular flexibility index (Phi) is 12.1. The number of aryl methyl sites for hydroxylation is 1. The van der Waals surface area contributed by atoms with Gasteiger partial charge in [0.2, 0.25) is 17.8 Å². The van der Waals surface area contributed by atoms with Crippen molar-refractivity contribution in [2.45, 2.75) is 89.1 Å². The summed E-state index contributed by atoms with van der Waals surface area (Å²) >= 11 is 0. The third-order valence-corrected chi connectivity index (χ3v) is 14.5. The van der Waals surface area contributed by atoms with E-state index >= 15 is 4.39 Å². The fourth-order valence-corrected chi connectivity index (χ4v) is 10.4. The van der Waals surface area contributed by atoms with Crippen molar-refractivity contribution in [2.75, 3.05) is 61.3 Å². The molecule has 0 radical (unpaired) electrons. The van der Waals surface area contributed by atoms with Crippen molar-refractivity contribution in [2.24, 2.45) is 5.92 Å². The number of hydrogen-bond donors (Lipinski definition) is 5. The van der Waals surface area contributed by atoms with Crippen molar-refractivity contribution in [1.82, 2.24) is 44.7 Å². The number of aliphatic hydroxyl groups is 1. The molecule has 1 unspecified atom stereocenters. The molecule has 7 heterocycles. The van der Waals surface area contributed by atoms with E-state index < -0.39 is 23.4 Å². The number of fused-ring (bicyclic) bond motifs is 3. The van der Waals surface area contributed by atoms with E-state index in [2.05, 4.69) is 37.7 Å². The van der Waals surface area contributed by atoms with Gasteiger partial charge in [0.15, 0.2) is 11.5 Å². The van der Waals surface area contributed by atoms with Crippen LogP contribution in [0.3, 0.4) is 0 Å². The minimum absolute atomic E-state index is 0.180. The lowest BCUT2D eigenvalue weighted by Gasteiger charge is -2.48. The molecule has 67 heavy (non-hydrogen) atoms. The molecule has 3 saturated heterocycles. The average Bonchev–Trinajstić information content (AvgIpc) is 3.92. The number of pyridine rings is 1. The number of benzene rings is 2. The summed E-state index contributed by atoms with van der Waals surface area (Å²) in [5, 5.41) is 24.3. The molecule has 17 nitrogen and oxygen atoms in total. The molecule has 5 aliphatic rings. The first kappa shape index (κ1) is 44.3. The van der Waals surface area contributed by atoms with Crippen LogP contribution in [0.5, 0.6) is 0 Å². The number of amides is 3. The Morgan fingerprint density at radius 2 is 1.75 bits per heavy atom. The molecule has 5 N–H and O–H groups in total. The number of rotatable bonds is 16. The van der Waals surface area contributed by atoms with Gasteiger partial charge in [-0.1, -0.05) is 19.1 Å². The normalized spacial score (nSPS) is 21.1. The van der Waals surface area contributed by atoms with E-state index in [4.69, 9.17) is 9.97 Å². The van der Waals surface area contributed by atoms with Gasteiger partial charge in [0.25, 0.3) is 11.5 Å². The Balaban J connectivity index is 0.652. The van der Waals surface area contributed by atoms with Gasteiger partial charge in [-0.15, -0.1) is 6.58 Å². The summed E-state index contributed by atoms with van der Waals surface area (Å²) in [7, 11) is 0. The van der Waals surface area contributed by atoms with E-state index in [0.717, 1.165) is 88.4 Å². The van der Waals surface area contributed by atoms with Crippen molar-refractivity contribution in [1.29, 1.82) is 0 Å². The highest BCUT2D eigenvalue weighted by Crippen LogP contribution is 2.39. The molecule has 0 saturated carbocycles. The van der Waals surface area contributed by atoms with Crippen LogP contribution in [0.15, 0.2) is 72.2 Å². The summed E-state index contributed by atoms with van der Waals surface area (Å²) in [6, 6.07) is 14.5. The SMILES string of the molecule is C=CCn1c(=O)c2cnc(Nc3ccc(NCCNCCC4CCN(C5CN(c6cc7c(cc6F)C(=O)N(C6CCC(=O)NC6=O)C7)C5)CC4)cc3)nc2n1-c1ccc2c(n1)[C@@](O)(CC)CC2. The second-order valence-electron chi connectivity index (χ2n) is 18.5. The van der Waals surface area contributed by atoms with E-state index in [9.17, 15) is 24.3 Å². The maximum Gasteiger partial charge on any atom is 0.278 e. The van der Waals surface area contributed by atoms with Crippen molar-refractivity contribution >= 4 is 51.8 Å². The fraction of sp³-hybridized carbons (Fsp3) is 0.449. The molecule has 2 atom stereocenters. The van der Waals surface area contributed by atoms with Crippen LogP contribution in [0.4, 0.5) is 27.4 Å². The molecular formula is C49H57FN12O5. The number of likely N-dealkylation sites (tertiary alicyclic amines) is 1. The molecule has 0 bridgehead atoms. The monoisotopic (exact) mass is 912 g/mol. The van der Waals surface area contributed by atoms with Gasteiger partial charge in [-0.05, 0) is 124 Å². The zero-order valence-electron chi connectivity index (χ0n) is 37.8. The summed E-state index contributed by atoms with van der Waals surface area (Å²) in [5.74, 6) is -0.104. The molecule has 2 aromatic carbocycles. The highest BCUT2D eigenvalue weighted by Gasteiger charge is 2.42. The molecule has 18 heteroatoms. The Morgan fingerprint density at radius 1 is 0.955 bits per heavy atom. The summed E-state index contributed by atoms with van der Waals surface area (Å²) < 4.78 is 18.6. The topological polar surface area (TPSA) is 195 Å². The number of piperidine rings is 2. The number of carbonyl (C=O) groups excluding carboxylic acids is 3. The van der Waals surface area contributed by atoms with E-state index in [1.807, 2.05) is 48.2 Å². The summed E-state index contributed by atoms with van der Waals surface area (Å²) in [4.78, 5) is 70.8. The first-order valence-electron chi connectivity index (χ1n) is 23.6. The van der Waals surface area contributed by atoms with Crippen LogP contribution in [-0.2, 0) is 34.7 Å². The van der Waals surface area contributed by atoms with Crippen LogP contribution >= 0.6 is 0 Å². The van der Waals surface area contributed by atoms with Crippen molar-refractivity contribution in [3.63, 3.8) is 0 Å². The van der Waals surface area contributed by atoms with Gasteiger partial charge in [-0.25, -0.2) is 23.7 Å². The molecule has 1 aliphatic carbocycles. The van der Waals surface area contributed by atoms with Gasteiger partial charge in [0.05, 0.1) is 17.9 Å². The minimum atomic E-state index is -1.00. The number of nitrogens with one attached hydrogen (secondary N) is 4. The van der Waals surface area contributed by atoms with E-state index in [0.29, 0.717) is 70.1 Å². The van der Waals surface area contributed by atoms with E-state index in [-0.39, 0.29) is 43.3 Å². The fourth-order valence-electron chi connectivity index (χ4n) is 10.4. The van der Waals surface area contributed by atoms with Gasteiger partial charge in [0.1, 0.15) is 22.8 Å². The van der Waals surface area contributed by atoms with Crippen molar-refractivity contribution in [3.05, 3.63) is 106 Å². The third kappa shape index (κ3) is 8.57. The van der Waals surface area contributed by atoms with E-state index in [1.165, 1.54) is 21.8 Å². The van der Waals surface area contributed by atoms with Crippen LogP contribution < -0.4 is 31.7 Å². The maximum atomic E-state index is 15.3. The molecular weight excluding hydrogens is 856 g/mol. The second kappa shape index (κ2) is 18.3. The van der Waals surface area contributed by atoms with Gasteiger partial charge in [0, 0.05) is 68.3 Å².